The second kappa shape index (κ2) is 5.49. The van der Waals surface area contributed by atoms with Crippen LogP contribution < -0.4 is 5.32 Å². The normalized spacial score (nSPS) is 36.9. The molecule has 1 N–H and O–H groups in total. The standard InChI is InChI=1S/C16H23NO2S/c1-12-9-10-17-15-8-7-14(11-16(15)20(12,18)19)13-5-3-2-4-6-13/h2-6,12,14-17H,7-11H2,1H3. The van der Waals surface area contributed by atoms with Gasteiger partial charge in [0.05, 0.1) is 10.5 Å². The highest BCUT2D eigenvalue weighted by Crippen LogP contribution is 2.38. The van der Waals surface area contributed by atoms with Crippen molar-refractivity contribution >= 4 is 9.84 Å². The lowest BCUT2D eigenvalue weighted by atomic mass is 9.81. The van der Waals surface area contributed by atoms with Crippen molar-refractivity contribution in [2.75, 3.05) is 6.54 Å². The summed E-state index contributed by atoms with van der Waals surface area (Å²) in [5.74, 6) is 0.388. The molecule has 0 spiro atoms. The Morgan fingerprint density at radius 3 is 2.60 bits per heavy atom. The Morgan fingerprint density at radius 2 is 1.85 bits per heavy atom. The van der Waals surface area contributed by atoms with Crippen LogP contribution in [0.3, 0.4) is 0 Å². The van der Waals surface area contributed by atoms with Crippen LogP contribution in [0.15, 0.2) is 30.3 Å². The largest absolute Gasteiger partial charge is 0.313 e. The van der Waals surface area contributed by atoms with Crippen LogP contribution >= 0.6 is 0 Å². The summed E-state index contributed by atoms with van der Waals surface area (Å²) >= 11 is 0. The van der Waals surface area contributed by atoms with Crippen LogP contribution in [0.25, 0.3) is 0 Å². The first kappa shape index (κ1) is 14.1. The molecule has 1 aliphatic heterocycles. The highest BCUT2D eigenvalue weighted by atomic mass is 32.2. The lowest BCUT2D eigenvalue weighted by Crippen LogP contribution is -2.46. The van der Waals surface area contributed by atoms with E-state index in [0.717, 1.165) is 32.2 Å². The molecule has 4 atom stereocenters. The first-order chi connectivity index (χ1) is 9.59. The van der Waals surface area contributed by atoms with Gasteiger partial charge in [0.1, 0.15) is 0 Å². The van der Waals surface area contributed by atoms with Crippen molar-refractivity contribution in [1.82, 2.24) is 5.32 Å². The van der Waals surface area contributed by atoms with E-state index in [1.165, 1.54) is 5.56 Å². The molecule has 1 saturated carbocycles. The number of rotatable bonds is 1. The van der Waals surface area contributed by atoms with E-state index in [-0.39, 0.29) is 16.5 Å². The first-order valence-electron chi connectivity index (χ1n) is 7.60. The molecular formula is C16H23NO2S. The van der Waals surface area contributed by atoms with E-state index in [4.69, 9.17) is 0 Å². The monoisotopic (exact) mass is 293 g/mol. The van der Waals surface area contributed by atoms with Crippen LogP contribution in [0.1, 0.15) is 44.1 Å². The molecule has 1 heterocycles. The second-order valence-corrected chi connectivity index (χ2v) is 8.80. The Balaban J connectivity index is 1.87. The molecule has 3 nitrogen and oxygen atoms in total. The molecule has 1 aliphatic carbocycles. The summed E-state index contributed by atoms with van der Waals surface area (Å²) in [6.45, 7) is 2.70. The summed E-state index contributed by atoms with van der Waals surface area (Å²) in [5.41, 5.74) is 1.29. The zero-order valence-corrected chi connectivity index (χ0v) is 12.8. The van der Waals surface area contributed by atoms with Gasteiger partial charge >= 0.3 is 0 Å². The minimum absolute atomic E-state index is 0.157. The molecule has 2 fully saturated rings. The Labute approximate surface area is 121 Å². The van der Waals surface area contributed by atoms with E-state index in [0.29, 0.717) is 5.92 Å². The molecule has 0 bridgehead atoms. The SMILES string of the molecule is CC1CCNC2CCC(c3ccccc3)CC2S1(=O)=O. The second-order valence-electron chi connectivity index (χ2n) is 6.21. The predicted octanol–water partition coefficient (Wildman–Crippen LogP) is 2.49. The van der Waals surface area contributed by atoms with Gasteiger partial charge in [0.25, 0.3) is 0 Å². The first-order valence-corrected chi connectivity index (χ1v) is 9.21. The van der Waals surface area contributed by atoms with Gasteiger partial charge in [0.2, 0.25) is 0 Å². The lowest BCUT2D eigenvalue weighted by molar-refractivity contribution is 0.350. The van der Waals surface area contributed by atoms with Crippen LogP contribution in [0, 0.1) is 0 Å². The third kappa shape index (κ3) is 2.51. The molecule has 0 amide bonds. The molecule has 4 unspecified atom stereocenters. The maximum atomic E-state index is 12.7. The van der Waals surface area contributed by atoms with Crippen LogP contribution in [-0.4, -0.2) is 31.5 Å². The van der Waals surface area contributed by atoms with Crippen LogP contribution in [0.2, 0.25) is 0 Å². The van der Waals surface area contributed by atoms with E-state index >= 15 is 0 Å². The summed E-state index contributed by atoms with van der Waals surface area (Å²) in [5, 5.41) is 3.04. The van der Waals surface area contributed by atoms with Crippen molar-refractivity contribution < 1.29 is 8.42 Å². The highest BCUT2D eigenvalue weighted by Gasteiger charge is 2.43. The highest BCUT2D eigenvalue weighted by molar-refractivity contribution is 7.92. The van der Waals surface area contributed by atoms with Gasteiger partial charge < -0.3 is 5.32 Å². The Kier molecular flexibility index (Phi) is 3.87. The number of fused-ring (bicyclic) bond motifs is 1. The van der Waals surface area contributed by atoms with Gasteiger partial charge in [-0.2, -0.15) is 0 Å². The van der Waals surface area contributed by atoms with E-state index in [1.807, 2.05) is 25.1 Å². The van der Waals surface area contributed by atoms with Gasteiger partial charge in [0.15, 0.2) is 9.84 Å². The van der Waals surface area contributed by atoms with Crippen molar-refractivity contribution in [3.8, 4) is 0 Å². The van der Waals surface area contributed by atoms with Crippen molar-refractivity contribution in [2.24, 2.45) is 0 Å². The predicted molar refractivity (Wildman–Crippen MR) is 81.6 cm³/mol. The lowest BCUT2D eigenvalue weighted by Gasteiger charge is -2.35. The number of hydrogen-bond donors (Lipinski definition) is 1. The van der Waals surface area contributed by atoms with E-state index < -0.39 is 9.84 Å². The van der Waals surface area contributed by atoms with E-state index in [1.54, 1.807) is 0 Å². The smallest absolute Gasteiger partial charge is 0.157 e. The summed E-state index contributed by atoms with van der Waals surface area (Å²) in [6.07, 6.45) is 3.57. The fraction of sp³-hybridized carbons (Fsp3) is 0.625. The molecule has 110 valence electrons. The molecule has 1 saturated heterocycles. The minimum Gasteiger partial charge on any atom is -0.313 e. The van der Waals surface area contributed by atoms with Gasteiger partial charge in [0, 0.05) is 6.04 Å². The van der Waals surface area contributed by atoms with Gasteiger partial charge in [-0.25, -0.2) is 8.42 Å². The van der Waals surface area contributed by atoms with E-state index in [9.17, 15) is 8.42 Å². The summed E-state index contributed by atoms with van der Waals surface area (Å²) in [7, 11) is -3.00. The fourth-order valence-electron chi connectivity index (χ4n) is 3.69. The number of hydrogen-bond acceptors (Lipinski definition) is 3. The summed E-state index contributed by atoms with van der Waals surface area (Å²) in [4.78, 5) is 0. The Hall–Kier alpha value is -0.870. The average Bonchev–Trinajstić information content (AvgIpc) is 2.58. The zero-order chi connectivity index (χ0) is 14.2. The third-order valence-electron chi connectivity index (χ3n) is 5.00. The molecule has 0 aromatic heterocycles. The average molecular weight is 293 g/mol. The maximum absolute atomic E-state index is 12.7. The Morgan fingerprint density at radius 1 is 1.10 bits per heavy atom. The van der Waals surface area contributed by atoms with Gasteiger partial charge in [-0.15, -0.1) is 0 Å². The molecule has 0 radical (unpaired) electrons. The van der Waals surface area contributed by atoms with Crippen molar-refractivity contribution in [3.05, 3.63) is 35.9 Å². The fourth-order valence-corrected chi connectivity index (χ4v) is 5.92. The van der Waals surface area contributed by atoms with Crippen molar-refractivity contribution in [3.63, 3.8) is 0 Å². The van der Waals surface area contributed by atoms with Crippen LogP contribution in [0.4, 0.5) is 0 Å². The van der Waals surface area contributed by atoms with Crippen molar-refractivity contribution in [1.29, 1.82) is 0 Å². The topological polar surface area (TPSA) is 46.2 Å². The number of nitrogens with one attached hydrogen (secondary N) is 1. The van der Waals surface area contributed by atoms with Gasteiger partial charge in [-0.05, 0) is 50.6 Å². The molecule has 4 heteroatoms. The number of benzene rings is 1. The molecule has 1 aromatic rings. The minimum atomic E-state index is -3.00. The van der Waals surface area contributed by atoms with Crippen molar-refractivity contribution in [2.45, 2.75) is 55.1 Å². The molecule has 20 heavy (non-hydrogen) atoms. The number of sulfone groups is 1. The Bertz CT molecular complexity index is 555. The van der Waals surface area contributed by atoms with Gasteiger partial charge in [-0.3, -0.25) is 0 Å². The maximum Gasteiger partial charge on any atom is 0.157 e. The van der Waals surface area contributed by atoms with Crippen LogP contribution in [-0.2, 0) is 9.84 Å². The molecule has 2 aliphatic rings. The zero-order valence-electron chi connectivity index (χ0n) is 12.0. The summed E-state index contributed by atoms with van der Waals surface area (Å²) in [6, 6.07) is 10.5. The van der Waals surface area contributed by atoms with E-state index in [2.05, 4.69) is 17.4 Å². The summed E-state index contributed by atoms with van der Waals surface area (Å²) < 4.78 is 25.4. The van der Waals surface area contributed by atoms with Gasteiger partial charge in [-0.1, -0.05) is 30.3 Å². The molecule has 1 aromatic carbocycles. The molecule has 3 rings (SSSR count). The quantitative estimate of drug-likeness (QED) is 0.865. The molecular weight excluding hydrogens is 270 g/mol. The van der Waals surface area contributed by atoms with Crippen LogP contribution in [0.5, 0.6) is 0 Å². The third-order valence-corrected chi connectivity index (χ3v) is 7.73.